The van der Waals surface area contributed by atoms with E-state index in [4.69, 9.17) is 9.47 Å². The Morgan fingerprint density at radius 2 is 1.77 bits per heavy atom. The number of unbranched alkanes of at least 4 members (excludes halogenated alkanes) is 5. The molecule has 0 aliphatic carbocycles. The minimum absolute atomic E-state index is 0.0843. The summed E-state index contributed by atoms with van der Waals surface area (Å²) in [7, 11) is 0. The summed E-state index contributed by atoms with van der Waals surface area (Å²) in [6.45, 7) is 7.27. The molecule has 1 aromatic carbocycles. The standard InChI is InChI=1S/C26H38N2O3/c1-4-6-7-8-14-19-30-23-20-27-26(28-25(23)22-16-10-9-11-17-22)31-24(29)18-13-12-15-21(3)5-2/h9-11,16-17,20-21H,4-8,12-15,18-19H2,1-3H3. The van der Waals surface area contributed by atoms with Crippen molar-refractivity contribution in [2.24, 2.45) is 5.92 Å². The van der Waals surface area contributed by atoms with E-state index in [2.05, 4.69) is 30.7 Å². The average molecular weight is 427 g/mol. The van der Waals surface area contributed by atoms with Crippen molar-refractivity contribution in [3.63, 3.8) is 0 Å². The van der Waals surface area contributed by atoms with Gasteiger partial charge < -0.3 is 9.47 Å². The van der Waals surface area contributed by atoms with Gasteiger partial charge >= 0.3 is 12.0 Å². The van der Waals surface area contributed by atoms with Crippen LogP contribution in [-0.2, 0) is 4.79 Å². The zero-order chi connectivity index (χ0) is 22.3. The fourth-order valence-electron chi connectivity index (χ4n) is 3.32. The lowest BCUT2D eigenvalue weighted by atomic mass is 10.0. The molecule has 0 spiro atoms. The second kappa shape index (κ2) is 14.6. The lowest BCUT2D eigenvalue weighted by molar-refractivity contribution is -0.135. The first-order valence-corrected chi connectivity index (χ1v) is 11.9. The smallest absolute Gasteiger partial charge is 0.325 e. The normalized spacial score (nSPS) is 11.8. The fourth-order valence-corrected chi connectivity index (χ4v) is 3.32. The molecule has 2 aromatic rings. The zero-order valence-corrected chi connectivity index (χ0v) is 19.4. The van der Waals surface area contributed by atoms with Gasteiger partial charge in [-0.25, -0.2) is 0 Å². The first-order valence-electron chi connectivity index (χ1n) is 11.9. The lowest BCUT2D eigenvalue weighted by Crippen LogP contribution is -2.11. The van der Waals surface area contributed by atoms with E-state index in [0.29, 0.717) is 30.4 Å². The van der Waals surface area contributed by atoms with Crippen molar-refractivity contribution in [2.45, 2.75) is 85.0 Å². The van der Waals surface area contributed by atoms with E-state index in [-0.39, 0.29) is 12.0 Å². The quantitative estimate of drug-likeness (QED) is 0.226. The molecule has 0 saturated heterocycles. The predicted octanol–water partition coefficient (Wildman–Crippen LogP) is 7.00. The van der Waals surface area contributed by atoms with Crippen molar-refractivity contribution in [2.75, 3.05) is 6.61 Å². The number of rotatable bonds is 15. The first-order chi connectivity index (χ1) is 15.1. The third-order valence-corrected chi connectivity index (χ3v) is 5.52. The van der Waals surface area contributed by atoms with Crippen LogP contribution >= 0.6 is 0 Å². The number of hydrogen-bond donors (Lipinski definition) is 0. The Bertz CT molecular complexity index is 765. The SMILES string of the molecule is CCCCCCCOc1cnc(OC(=O)CCCCC(C)CC)nc1-c1ccccc1. The molecule has 170 valence electrons. The minimum Gasteiger partial charge on any atom is -0.490 e. The van der Waals surface area contributed by atoms with Gasteiger partial charge in [0.05, 0.1) is 12.8 Å². The van der Waals surface area contributed by atoms with Gasteiger partial charge in [-0.05, 0) is 18.8 Å². The highest BCUT2D eigenvalue weighted by atomic mass is 16.5. The highest BCUT2D eigenvalue weighted by molar-refractivity contribution is 5.72. The van der Waals surface area contributed by atoms with E-state index in [1.807, 2.05) is 30.3 Å². The molecule has 0 aliphatic heterocycles. The molecular formula is C26H38N2O3. The third kappa shape index (κ3) is 9.50. The van der Waals surface area contributed by atoms with Gasteiger partial charge in [0.1, 0.15) is 5.69 Å². The van der Waals surface area contributed by atoms with Crippen LogP contribution in [0.25, 0.3) is 11.3 Å². The Kier molecular flexibility index (Phi) is 11.7. The van der Waals surface area contributed by atoms with Crippen LogP contribution in [0.5, 0.6) is 11.8 Å². The average Bonchev–Trinajstić information content (AvgIpc) is 2.80. The number of benzene rings is 1. The maximum absolute atomic E-state index is 12.2. The van der Waals surface area contributed by atoms with Gasteiger partial charge in [-0.3, -0.25) is 4.79 Å². The zero-order valence-electron chi connectivity index (χ0n) is 19.4. The molecular weight excluding hydrogens is 388 g/mol. The topological polar surface area (TPSA) is 61.3 Å². The highest BCUT2D eigenvalue weighted by Crippen LogP contribution is 2.29. The van der Waals surface area contributed by atoms with E-state index in [9.17, 15) is 4.79 Å². The molecule has 2 rings (SSSR count). The lowest BCUT2D eigenvalue weighted by Gasteiger charge is -2.12. The molecule has 0 aliphatic rings. The van der Waals surface area contributed by atoms with Gasteiger partial charge in [0.2, 0.25) is 0 Å². The minimum atomic E-state index is -0.284. The Morgan fingerprint density at radius 3 is 2.52 bits per heavy atom. The Hall–Kier alpha value is -2.43. The van der Waals surface area contributed by atoms with Crippen LogP contribution in [0.15, 0.2) is 36.5 Å². The highest BCUT2D eigenvalue weighted by Gasteiger charge is 2.14. The van der Waals surface area contributed by atoms with Crippen LogP contribution in [0, 0.1) is 5.92 Å². The Morgan fingerprint density at radius 1 is 1.00 bits per heavy atom. The second-order valence-electron chi connectivity index (χ2n) is 8.23. The molecule has 0 N–H and O–H groups in total. The van der Waals surface area contributed by atoms with Crippen LogP contribution in [-0.4, -0.2) is 22.5 Å². The van der Waals surface area contributed by atoms with E-state index in [0.717, 1.165) is 37.7 Å². The van der Waals surface area contributed by atoms with E-state index in [1.165, 1.54) is 25.7 Å². The Balaban J connectivity index is 1.96. The molecule has 0 saturated carbocycles. The Labute approximate surface area is 187 Å². The summed E-state index contributed by atoms with van der Waals surface area (Å²) in [4.78, 5) is 20.9. The summed E-state index contributed by atoms with van der Waals surface area (Å²) in [5.41, 5.74) is 1.57. The third-order valence-electron chi connectivity index (χ3n) is 5.52. The van der Waals surface area contributed by atoms with Crippen LogP contribution < -0.4 is 9.47 Å². The van der Waals surface area contributed by atoms with Gasteiger partial charge in [0.25, 0.3) is 0 Å². The molecule has 1 aromatic heterocycles. The number of hydrogen-bond acceptors (Lipinski definition) is 5. The van der Waals surface area contributed by atoms with E-state index < -0.39 is 0 Å². The molecule has 0 amide bonds. The van der Waals surface area contributed by atoms with Gasteiger partial charge in [-0.2, -0.15) is 9.97 Å². The van der Waals surface area contributed by atoms with Gasteiger partial charge in [-0.15, -0.1) is 0 Å². The molecule has 0 bridgehead atoms. The molecule has 0 radical (unpaired) electrons. The van der Waals surface area contributed by atoms with Gasteiger partial charge in [0.15, 0.2) is 5.75 Å². The summed E-state index contributed by atoms with van der Waals surface area (Å²) in [5.74, 6) is 1.04. The summed E-state index contributed by atoms with van der Waals surface area (Å²) < 4.78 is 11.4. The molecule has 1 atom stereocenters. The number of carbonyl (C=O) groups excluding carboxylic acids is 1. The van der Waals surface area contributed by atoms with Crippen LogP contribution in [0.2, 0.25) is 0 Å². The number of carbonyl (C=O) groups is 1. The second-order valence-corrected chi connectivity index (χ2v) is 8.23. The summed E-state index contributed by atoms with van der Waals surface area (Å²) in [5, 5.41) is 0. The fraction of sp³-hybridized carbons (Fsp3) is 0.577. The summed E-state index contributed by atoms with van der Waals surface area (Å²) >= 11 is 0. The molecule has 5 heteroatoms. The number of ether oxygens (including phenoxy) is 2. The maximum Gasteiger partial charge on any atom is 0.325 e. The summed E-state index contributed by atoms with van der Waals surface area (Å²) in [6.07, 6.45) is 12.1. The van der Waals surface area contributed by atoms with Crippen LogP contribution in [0.4, 0.5) is 0 Å². The van der Waals surface area contributed by atoms with Crippen molar-refractivity contribution in [3.05, 3.63) is 36.5 Å². The van der Waals surface area contributed by atoms with E-state index in [1.54, 1.807) is 6.20 Å². The molecule has 1 heterocycles. The number of aromatic nitrogens is 2. The molecule has 0 fully saturated rings. The first kappa shape index (κ1) is 24.8. The van der Waals surface area contributed by atoms with Crippen molar-refractivity contribution in [3.8, 4) is 23.0 Å². The number of esters is 1. The van der Waals surface area contributed by atoms with Crippen molar-refractivity contribution in [1.29, 1.82) is 0 Å². The van der Waals surface area contributed by atoms with Gasteiger partial charge in [0, 0.05) is 12.0 Å². The van der Waals surface area contributed by atoms with Crippen molar-refractivity contribution >= 4 is 5.97 Å². The van der Waals surface area contributed by atoms with Crippen LogP contribution in [0.3, 0.4) is 0 Å². The van der Waals surface area contributed by atoms with Gasteiger partial charge in [-0.1, -0.05) is 96.0 Å². The monoisotopic (exact) mass is 426 g/mol. The number of nitrogens with zero attached hydrogens (tertiary/aromatic N) is 2. The van der Waals surface area contributed by atoms with Crippen molar-refractivity contribution in [1.82, 2.24) is 9.97 Å². The van der Waals surface area contributed by atoms with Crippen molar-refractivity contribution < 1.29 is 14.3 Å². The summed E-state index contributed by atoms with van der Waals surface area (Å²) in [6, 6.07) is 9.89. The van der Waals surface area contributed by atoms with E-state index >= 15 is 0 Å². The largest absolute Gasteiger partial charge is 0.490 e. The maximum atomic E-state index is 12.2. The molecule has 1 unspecified atom stereocenters. The molecule has 31 heavy (non-hydrogen) atoms. The predicted molar refractivity (Wildman–Crippen MR) is 125 cm³/mol. The molecule has 5 nitrogen and oxygen atoms in total. The van der Waals surface area contributed by atoms with Crippen LogP contribution in [0.1, 0.15) is 85.0 Å².